The van der Waals surface area contributed by atoms with Crippen LogP contribution in [0.15, 0.2) is 16.7 Å². The number of H-pyrrole nitrogens is 1. The number of fused-ring (bicyclic) bond motifs is 1. The molecule has 1 heterocycles. The normalized spacial score (nSPS) is 10.6. The van der Waals surface area contributed by atoms with E-state index in [-0.39, 0.29) is 0 Å². The number of carbonyl (C=O) groups excluding carboxylic acids is 1. The third kappa shape index (κ3) is 1.72. The highest BCUT2D eigenvalue weighted by molar-refractivity contribution is 9.10. The average molecular weight is 290 g/mol. The Labute approximate surface area is 98.7 Å². The van der Waals surface area contributed by atoms with Gasteiger partial charge in [0.15, 0.2) is 0 Å². The first-order chi connectivity index (χ1) is 7.13. The maximum absolute atomic E-state index is 11.3. The van der Waals surface area contributed by atoms with Crippen molar-refractivity contribution in [3.63, 3.8) is 0 Å². The van der Waals surface area contributed by atoms with Gasteiger partial charge in [0.05, 0.1) is 28.6 Å². The highest BCUT2D eigenvalue weighted by Gasteiger charge is 2.13. The topological polar surface area (TPSA) is 55.0 Å². The summed E-state index contributed by atoms with van der Waals surface area (Å²) in [6.07, 6.45) is 0. The fourth-order valence-corrected chi connectivity index (χ4v) is 2.23. The molecule has 0 fully saturated rings. The molecule has 2 rings (SSSR count). The molecule has 0 spiro atoms. The van der Waals surface area contributed by atoms with E-state index < -0.39 is 5.97 Å². The van der Waals surface area contributed by atoms with E-state index in [4.69, 9.17) is 11.6 Å². The van der Waals surface area contributed by atoms with Crippen molar-refractivity contribution in [2.45, 2.75) is 0 Å². The molecule has 0 aliphatic heterocycles. The summed E-state index contributed by atoms with van der Waals surface area (Å²) >= 11 is 9.29. The van der Waals surface area contributed by atoms with Gasteiger partial charge in [0, 0.05) is 0 Å². The van der Waals surface area contributed by atoms with Crippen molar-refractivity contribution >= 4 is 44.4 Å². The Balaban J connectivity index is 2.68. The minimum Gasteiger partial charge on any atom is -0.465 e. The van der Waals surface area contributed by atoms with E-state index in [1.807, 2.05) is 0 Å². The van der Waals surface area contributed by atoms with Crippen molar-refractivity contribution in [1.29, 1.82) is 0 Å². The smallest absolute Gasteiger partial charge is 0.337 e. The van der Waals surface area contributed by atoms with Crippen LogP contribution >= 0.6 is 27.5 Å². The predicted molar refractivity (Wildman–Crippen MR) is 60.1 cm³/mol. The maximum atomic E-state index is 11.3. The highest BCUT2D eigenvalue weighted by Crippen LogP contribution is 2.29. The van der Waals surface area contributed by atoms with E-state index >= 15 is 0 Å². The van der Waals surface area contributed by atoms with Crippen LogP contribution < -0.4 is 0 Å². The summed E-state index contributed by atoms with van der Waals surface area (Å²) in [5.41, 5.74) is 1.00. The minimum absolute atomic E-state index is 0.383. The molecule has 15 heavy (non-hydrogen) atoms. The Hall–Kier alpha value is -1.07. The zero-order chi connectivity index (χ0) is 11.0. The van der Waals surface area contributed by atoms with Gasteiger partial charge < -0.3 is 4.74 Å². The van der Waals surface area contributed by atoms with Gasteiger partial charge in [0.25, 0.3) is 0 Å². The summed E-state index contributed by atoms with van der Waals surface area (Å²) in [5, 5.41) is 7.93. The Morgan fingerprint density at radius 1 is 1.60 bits per heavy atom. The maximum Gasteiger partial charge on any atom is 0.337 e. The first-order valence-electron chi connectivity index (χ1n) is 4.05. The Morgan fingerprint density at radius 2 is 2.33 bits per heavy atom. The SMILES string of the molecule is COC(=O)c1cc(Cl)c2c(Br)[nH]nc2c1. The molecule has 0 aliphatic rings. The number of methoxy groups -OCH3 is 1. The summed E-state index contributed by atoms with van der Waals surface area (Å²) in [7, 11) is 1.32. The first-order valence-corrected chi connectivity index (χ1v) is 5.22. The van der Waals surface area contributed by atoms with Crippen molar-refractivity contribution in [3.8, 4) is 0 Å². The molecule has 4 nitrogen and oxygen atoms in total. The van der Waals surface area contributed by atoms with Gasteiger partial charge in [-0.25, -0.2) is 4.79 Å². The molecule has 1 aromatic carbocycles. The summed E-state index contributed by atoms with van der Waals surface area (Å²) < 4.78 is 5.29. The third-order valence-corrected chi connectivity index (χ3v) is 2.86. The number of hydrogen-bond donors (Lipinski definition) is 1. The lowest BCUT2D eigenvalue weighted by atomic mass is 10.2. The van der Waals surface area contributed by atoms with Crippen molar-refractivity contribution in [2.75, 3.05) is 7.11 Å². The predicted octanol–water partition coefficient (Wildman–Crippen LogP) is 2.77. The number of carbonyl (C=O) groups is 1. The van der Waals surface area contributed by atoms with Crippen LogP contribution in [-0.4, -0.2) is 23.3 Å². The molecule has 0 aliphatic carbocycles. The lowest BCUT2D eigenvalue weighted by molar-refractivity contribution is 0.0601. The van der Waals surface area contributed by atoms with Crippen LogP contribution in [0.2, 0.25) is 5.02 Å². The van der Waals surface area contributed by atoms with Gasteiger partial charge in [-0.2, -0.15) is 5.10 Å². The molecule has 0 radical (unpaired) electrons. The van der Waals surface area contributed by atoms with E-state index in [2.05, 4.69) is 30.9 Å². The van der Waals surface area contributed by atoms with Crippen LogP contribution in [0.1, 0.15) is 10.4 Å². The van der Waals surface area contributed by atoms with Gasteiger partial charge >= 0.3 is 5.97 Å². The second-order valence-electron chi connectivity index (χ2n) is 2.88. The Kier molecular flexibility index (Phi) is 2.67. The van der Waals surface area contributed by atoms with Crippen LogP contribution in [0, 0.1) is 0 Å². The van der Waals surface area contributed by atoms with Crippen molar-refractivity contribution < 1.29 is 9.53 Å². The zero-order valence-corrected chi connectivity index (χ0v) is 10.0. The third-order valence-electron chi connectivity index (χ3n) is 1.98. The van der Waals surface area contributed by atoms with Crippen molar-refractivity contribution in [2.24, 2.45) is 0 Å². The summed E-state index contributed by atoms with van der Waals surface area (Å²) in [4.78, 5) is 11.3. The summed E-state index contributed by atoms with van der Waals surface area (Å²) in [6, 6.07) is 3.17. The molecule has 0 atom stereocenters. The van der Waals surface area contributed by atoms with Crippen LogP contribution in [0.5, 0.6) is 0 Å². The second-order valence-corrected chi connectivity index (χ2v) is 4.08. The molecule has 6 heteroatoms. The molecule has 1 N–H and O–H groups in total. The number of hydrogen-bond acceptors (Lipinski definition) is 3. The van der Waals surface area contributed by atoms with Gasteiger partial charge in [-0.1, -0.05) is 11.6 Å². The molecule has 0 amide bonds. The lowest BCUT2D eigenvalue weighted by Gasteiger charge is -2.00. The number of halogens is 2. The van der Waals surface area contributed by atoms with E-state index in [1.54, 1.807) is 12.1 Å². The van der Waals surface area contributed by atoms with Gasteiger partial charge in [0.1, 0.15) is 4.60 Å². The minimum atomic E-state index is -0.432. The van der Waals surface area contributed by atoms with Crippen LogP contribution in [0.3, 0.4) is 0 Å². The number of rotatable bonds is 1. The quantitative estimate of drug-likeness (QED) is 0.821. The van der Waals surface area contributed by atoms with Crippen LogP contribution in [-0.2, 0) is 4.74 Å². The Bertz CT molecular complexity index is 538. The van der Waals surface area contributed by atoms with E-state index in [0.29, 0.717) is 20.7 Å². The second kappa shape index (κ2) is 3.83. The molecule has 0 saturated heterocycles. The summed E-state index contributed by atoms with van der Waals surface area (Å²) in [6.45, 7) is 0. The number of nitrogens with zero attached hydrogens (tertiary/aromatic N) is 1. The van der Waals surface area contributed by atoms with Crippen molar-refractivity contribution in [1.82, 2.24) is 10.2 Å². The molecule has 78 valence electrons. The van der Waals surface area contributed by atoms with Gasteiger partial charge in [-0.3, -0.25) is 5.10 Å². The molecule has 0 unspecified atom stereocenters. The van der Waals surface area contributed by atoms with E-state index in [9.17, 15) is 4.79 Å². The number of aromatic nitrogens is 2. The molecule has 1 aromatic heterocycles. The van der Waals surface area contributed by atoms with E-state index in [1.165, 1.54) is 7.11 Å². The Morgan fingerprint density at radius 3 is 3.00 bits per heavy atom. The zero-order valence-electron chi connectivity index (χ0n) is 7.67. The summed E-state index contributed by atoms with van der Waals surface area (Å²) in [5.74, 6) is -0.432. The standard InChI is InChI=1S/C9H6BrClN2O2/c1-15-9(14)4-2-5(11)7-6(3-4)12-13-8(7)10/h2-3H,1H3,(H,12,13). The van der Waals surface area contributed by atoms with E-state index in [0.717, 1.165) is 5.39 Å². The van der Waals surface area contributed by atoms with Gasteiger partial charge in [-0.15, -0.1) is 0 Å². The highest BCUT2D eigenvalue weighted by atomic mass is 79.9. The number of aromatic amines is 1. The lowest BCUT2D eigenvalue weighted by Crippen LogP contribution is -2.00. The molecule has 2 aromatic rings. The fraction of sp³-hybridized carbons (Fsp3) is 0.111. The van der Waals surface area contributed by atoms with Crippen LogP contribution in [0.4, 0.5) is 0 Å². The average Bonchev–Trinajstić information content (AvgIpc) is 2.59. The molecule has 0 saturated carbocycles. The fourth-order valence-electron chi connectivity index (χ4n) is 1.30. The number of esters is 1. The van der Waals surface area contributed by atoms with Crippen molar-refractivity contribution in [3.05, 3.63) is 27.3 Å². The van der Waals surface area contributed by atoms with Gasteiger partial charge in [0.2, 0.25) is 0 Å². The first kappa shape index (κ1) is 10.4. The molecular formula is C9H6BrClN2O2. The number of nitrogens with one attached hydrogen (secondary N) is 1. The monoisotopic (exact) mass is 288 g/mol. The molecule has 0 bridgehead atoms. The van der Waals surface area contributed by atoms with Gasteiger partial charge in [-0.05, 0) is 28.1 Å². The number of ether oxygens (including phenoxy) is 1. The van der Waals surface area contributed by atoms with Crippen LogP contribution in [0.25, 0.3) is 10.9 Å². The largest absolute Gasteiger partial charge is 0.465 e. The molecular weight excluding hydrogens is 283 g/mol. The number of benzene rings is 1.